The first kappa shape index (κ1) is 38.8. The van der Waals surface area contributed by atoms with Crippen molar-refractivity contribution >= 4 is 29.8 Å². The average Bonchev–Trinajstić information content (AvgIpc) is 3.14. The number of benzene rings is 4. The number of ether oxygens (including phenoxy) is 3. The van der Waals surface area contributed by atoms with Gasteiger partial charge in [0, 0.05) is 12.8 Å². The Hall–Kier alpha value is -5.97. The summed E-state index contributed by atoms with van der Waals surface area (Å²) in [5.41, 5.74) is 2.38. The van der Waals surface area contributed by atoms with Crippen LogP contribution in [0.4, 0.5) is 4.79 Å². The highest BCUT2D eigenvalue weighted by molar-refractivity contribution is 5.91. The van der Waals surface area contributed by atoms with E-state index in [0.717, 1.165) is 16.7 Å². The minimum absolute atomic E-state index is 0.0287. The molecule has 0 unspecified atom stereocenters. The summed E-state index contributed by atoms with van der Waals surface area (Å²) in [5.74, 6) is -2.73. The summed E-state index contributed by atoms with van der Waals surface area (Å²) >= 11 is 0. The van der Waals surface area contributed by atoms with E-state index >= 15 is 0 Å². The molecule has 0 aliphatic heterocycles. The summed E-state index contributed by atoms with van der Waals surface area (Å²) in [4.78, 5) is 65.8. The lowest BCUT2D eigenvalue weighted by molar-refractivity contribution is -0.155. The largest absolute Gasteiger partial charge is 0.460 e. The van der Waals surface area contributed by atoms with Crippen LogP contribution in [0, 0.1) is 0 Å². The first-order chi connectivity index (χ1) is 25.0. The first-order valence-corrected chi connectivity index (χ1v) is 17.1. The topological polar surface area (TPSA) is 149 Å². The Labute approximate surface area is 304 Å². The van der Waals surface area contributed by atoms with Crippen LogP contribution in [-0.4, -0.2) is 54.1 Å². The monoisotopic (exact) mass is 707 g/mol. The number of rotatable bonds is 16. The predicted molar refractivity (Wildman–Crippen MR) is 195 cm³/mol. The average molecular weight is 708 g/mol. The lowest BCUT2D eigenvalue weighted by Crippen LogP contribution is -2.53. The lowest BCUT2D eigenvalue weighted by Gasteiger charge is -2.24. The number of nitrogens with one attached hydrogen (secondary N) is 3. The molecule has 0 radical (unpaired) electrons. The van der Waals surface area contributed by atoms with E-state index in [1.807, 2.05) is 72.8 Å². The molecule has 0 saturated carbocycles. The van der Waals surface area contributed by atoms with Crippen LogP contribution in [0.2, 0.25) is 0 Å². The molecule has 4 aromatic rings. The molecular formula is C41H45N3O8. The Morgan fingerprint density at radius 3 is 1.67 bits per heavy atom. The standard InChI is InChI=1S/C41H45N3O8/c1-41(2,3)52-36(46)25-24-33(43-40(49)51-27-30-18-10-5-11-19-30)38(47)42-34(26-29-16-8-4-9-17-29)39(48)50-28-35(45)44-37(31-20-12-6-13-21-31)32-22-14-7-15-23-32/h4-23,33-34,37H,24-28H2,1-3H3,(H,42,47)(H,43,49)(H,44,45)/t33-,34-/m0/s1. The summed E-state index contributed by atoms with van der Waals surface area (Å²) in [6.45, 7) is 4.50. The number of alkyl carbamates (subject to hydrolysis) is 1. The van der Waals surface area contributed by atoms with E-state index in [0.29, 0.717) is 5.56 Å². The highest BCUT2D eigenvalue weighted by atomic mass is 16.6. The summed E-state index contributed by atoms with van der Waals surface area (Å²) in [6, 6.07) is 33.7. The Bertz CT molecular complexity index is 1710. The molecule has 4 rings (SSSR count). The molecule has 0 aliphatic rings. The number of carbonyl (C=O) groups excluding carboxylic acids is 5. The smallest absolute Gasteiger partial charge is 0.408 e. The molecule has 3 N–H and O–H groups in total. The maximum absolute atomic E-state index is 13.7. The van der Waals surface area contributed by atoms with Crippen molar-refractivity contribution in [3.63, 3.8) is 0 Å². The summed E-state index contributed by atoms with van der Waals surface area (Å²) in [5, 5.41) is 8.12. The van der Waals surface area contributed by atoms with Gasteiger partial charge in [0.1, 0.15) is 24.3 Å². The van der Waals surface area contributed by atoms with Gasteiger partial charge in [-0.1, -0.05) is 121 Å². The van der Waals surface area contributed by atoms with Gasteiger partial charge in [0.05, 0.1) is 6.04 Å². The van der Waals surface area contributed by atoms with Gasteiger partial charge in [0.15, 0.2) is 6.61 Å². The summed E-state index contributed by atoms with van der Waals surface area (Å²) in [7, 11) is 0. The van der Waals surface area contributed by atoms with E-state index in [1.165, 1.54) is 0 Å². The zero-order valence-corrected chi connectivity index (χ0v) is 29.6. The molecule has 2 atom stereocenters. The molecule has 11 nitrogen and oxygen atoms in total. The van der Waals surface area contributed by atoms with Crippen LogP contribution >= 0.6 is 0 Å². The van der Waals surface area contributed by atoms with E-state index in [2.05, 4.69) is 16.0 Å². The van der Waals surface area contributed by atoms with Gasteiger partial charge in [0.2, 0.25) is 5.91 Å². The quantitative estimate of drug-likeness (QED) is 0.101. The van der Waals surface area contributed by atoms with Crippen LogP contribution in [0.5, 0.6) is 0 Å². The summed E-state index contributed by atoms with van der Waals surface area (Å²) < 4.78 is 16.2. The van der Waals surface area contributed by atoms with E-state index in [9.17, 15) is 24.0 Å². The van der Waals surface area contributed by atoms with E-state index in [1.54, 1.807) is 69.3 Å². The van der Waals surface area contributed by atoms with Crippen molar-refractivity contribution in [2.75, 3.05) is 6.61 Å². The first-order valence-electron chi connectivity index (χ1n) is 17.1. The van der Waals surface area contributed by atoms with Crippen LogP contribution in [-0.2, 0) is 46.4 Å². The molecular weight excluding hydrogens is 662 g/mol. The molecule has 0 fully saturated rings. The van der Waals surface area contributed by atoms with Gasteiger partial charge in [-0.15, -0.1) is 0 Å². The molecule has 0 bridgehead atoms. The van der Waals surface area contributed by atoms with Crippen LogP contribution in [0.1, 0.15) is 61.9 Å². The maximum atomic E-state index is 13.7. The van der Waals surface area contributed by atoms with Crippen LogP contribution in [0.25, 0.3) is 0 Å². The van der Waals surface area contributed by atoms with Gasteiger partial charge in [0.25, 0.3) is 5.91 Å². The third-order valence-corrected chi connectivity index (χ3v) is 7.68. The SMILES string of the molecule is CC(C)(C)OC(=O)CC[C@H](NC(=O)OCc1ccccc1)C(=O)N[C@@H](Cc1ccccc1)C(=O)OCC(=O)NC(c1ccccc1)c1ccccc1. The van der Waals surface area contributed by atoms with Crippen molar-refractivity contribution in [2.45, 2.75) is 70.4 Å². The fourth-order valence-electron chi connectivity index (χ4n) is 5.24. The Morgan fingerprint density at radius 2 is 1.13 bits per heavy atom. The molecule has 0 saturated heterocycles. The number of amides is 3. The molecule has 272 valence electrons. The van der Waals surface area contributed by atoms with Gasteiger partial charge < -0.3 is 30.2 Å². The molecule has 52 heavy (non-hydrogen) atoms. The Morgan fingerprint density at radius 1 is 0.615 bits per heavy atom. The predicted octanol–water partition coefficient (Wildman–Crippen LogP) is 5.58. The highest BCUT2D eigenvalue weighted by Gasteiger charge is 2.30. The molecule has 0 aliphatic carbocycles. The zero-order valence-electron chi connectivity index (χ0n) is 29.6. The zero-order chi connectivity index (χ0) is 37.3. The molecule has 3 amide bonds. The van der Waals surface area contributed by atoms with Gasteiger partial charge in [-0.25, -0.2) is 9.59 Å². The fraction of sp³-hybridized carbons (Fsp3) is 0.293. The third kappa shape index (κ3) is 13.4. The van der Waals surface area contributed by atoms with Crippen LogP contribution in [0.15, 0.2) is 121 Å². The van der Waals surface area contributed by atoms with Gasteiger partial charge in [-0.05, 0) is 49.4 Å². The Balaban J connectivity index is 1.46. The minimum Gasteiger partial charge on any atom is -0.460 e. The molecule has 4 aromatic carbocycles. The van der Waals surface area contributed by atoms with Crippen LogP contribution < -0.4 is 16.0 Å². The van der Waals surface area contributed by atoms with E-state index in [4.69, 9.17) is 14.2 Å². The van der Waals surface area contributed by atoms with Crippen LogP contribution in [0.3, 0.4) is 0 Å². The van der Waals surface area contributed by atoms with E-state index < -0.39 is 60.2 Å². The van der Waals surface area contributed by atoms with Gasteiger partial charge in [-0.2, -0.15) is 0 Å². The van der Waals surface area contributed by atoms with Gasteiger partial charge in [-0.3, -0.25) is 14.4 Å². The van der Waals surface area contributed by atoms with Crippen molar-refractivity contribution in [1.29, 1.82) is 0 Å². The third-order valence-electron chi connectivity index (χ3n) is 7.68. The van der Waals surface area contributed by atoms with Crippen molar-refractivity contribution in [3.8, 4) is 0 Å². The number of carbonyl (C=O) groups is 5. The van der Waals surface area contributed by atoms with Crippen molar-refractivity contribution < 1.29 is 38.2 Å². The van der Waals surface area contributed by atoms with Crippen molar-refractivity contribution in [1.82, 2.24) is 16.0 Å². The number of hydrogen-bond acceptors (Lipinski definition) is 8. The maximum Gasteiger partial charge on any atom is 0.408 e. The second kappa shape index (κ2) is 19.4. The number of esters is 2. The van der Waals surface area contributed by atoms with Gasteiger partial charge >= 0.3 is 18.0 Å². The van der Waals surface area contributed by atoms with Crippen molar-refractivity contribution in [3.05, 3.63) is 144 Å². The van der Waals surface area contributed by atoms with E-state index in [-0.39, 0.29) is 25.9 Å². The Kier molecular flexibility index (Phi) is 14.5. The lowest BCUT2D eigenvalue weighted by atomic mass is 9.99. The second-order valence-corrected chi connectivity index (χ2v) is 13.1. The highest BCUT2D eigenvalue weighted by Crippen LogP contribution is 2.21. The minimum atomic E-state index is -1.28. The molecule has 11 heteroatoms. The van der Waals surface area contributed by atoms with Crippen molar-refractivity contribution in [2.24, 2.45) is 0 Å². The molecule has 0 heterocycles. The normalized spacial score (nSPS) is 12.2. The second-order valence-electron chi connectivity index (χ2n) is 13.1. The number of hydrogen-bond donors (Lipinski definition) is 3. The molecule has 0 spiro atoms. The summed E-state index contributed by atoms with van der Waals surface area (Å²) in [6.07, 6.45) is -1.21. The molecule has 0 aromatic heterocycles. The fourth-order valence-corrected chi connectivity index (χ4v) is 5.24.